The number of aromatic nitrogens is 2. The maximum absolute atomic E-state index is 11.2. The number of carbonyl (C=O) groups is 1. The monoisotopic (exact) mass is 236 g/mol. The van der Waals surface area contributed by atoms with Crippen LogP contribution in [0.15, 0.2) is 12.1 Å². The van der Waals surface area contributed by atoms with Crippen molar-refractivity contribution in [1.29, 1.82) is 0 Å². The van der Waals surface area contributed by atoms with Crippen LogP contribution in [0.25, 0.3) is 0 Å². The van der Waals surface area contributed by atoms with Gasteiger partial charge in [0.05, 0.1) is 7.11 Å². The number of nitrogens with zero attached hydrogens (tertiary/aromatic N) is 3. The van der Waals surface area contributed by atoms with Gasteiger partial charge in [-0.05, 0) is 25.0 Å². The van der Waals surface area contributed by atoms with E-state index in [4.69, 9.17) is 0 Å². The lowest BCUT2D eigenvalue weighted by Gasteiger charge is -2.26. The Hall–Kier alpha value is -1.69. The van der Waals surface area contributed by atoms with Gasteiger partial charge in [0.15, 0.2) is 11.5 Å². The van der Waals surface area contributed by atoms with Crippen molar-refractivity contribution in [1.82, 2.24) is 15.2 Å². The molecule has 0 unspecified atom stereocenters. The molecule has 0 aliphatic carbocycles. The number of hydrazine groups is 1. The van der Waals surface area contributed by atoms with Gasteiger partial charge in [-0.1, -0.05) is 6.42 Å². The van der Waals surface area contributed by atoms with Crippen molar-refractivity contribution in [2.24, 2.45) is 0 Å². The van der Waals surface area contributed by atoms with Gasteiger partial charge < -0.3 is 10.2 Å². The van der Waals surface area contributed by atoms with Gasteiger partial charge in [-0.2, -0.15) is 0 Å². The highest BCUT2D eigenvalue weighted by molar-refractivity contribution is 5.86. The average Bonchev–Trinajstić information content (AvgIpc) is 2.40. The molecule has 1 saturated heterocycles. The summed E-state index contributed by atoms with van der Waals surface area (Å²) in [5.74, 6) is 0.182. The molecule has 6 heteroatoms. The molecule has 1 aliphatic rings. The highest BCUT2D eigenvalue weighted by Gasteiger charge is 2.11. The fraction of sp³-hybridized carbons (Fsp3) is 0.545. The summed E-state index contributed by atoms with van der Waals surface area (Å²) in [6, 6.07) is 3.33. The molecule has 2 heterocycles. The minimum absolute atomic E-state index is 0.219. The SMILES string of the molecule is COC(=O)c1ccc(NN2CCCCC2)nn1. The molecule has 0 spiro atoms. The lowest BCUT2D eigenvalue weighted by Crippen LogP contribution is -2.35. The van der Waals surface area contributed by atoms with Crippen molar-refractivity contribution in [3.05, 3.63) is 17.8 Å². The second-order valence-corrected chi connectivity index (χ2v) is 3.95. The summed E-state index contributed by atoms with van der Waals surface area (Å²) in [5, 5.41) is 9.86. The number of carbonyl (C=O) groups excluding carboxylic acids is 1. The molecule has 1 N–H and O–H groups in total. The van der Waals surface area contributed by atoms with E-state index in [1.54, 1.807) is 12.1 Å². The van der Waals surface area contributed by atoms with Gasteiger partial charge in [0, 0.05) is 13.1 Å². The maximum atomic E-state index is 11.2. The second kappa shape index (κ2) is 5.58. The average molecular weight is 236 g/mol. The van der Waals surface area contributed by atoms with Gasteiger partial charge in [0.1, 0.15) is 0 Å². The number of piperidine rings is 1. The number of anilines is 1. The van der Waals surface area contributed by atoms with E-state index in [2.05, 4.69) is 25.4 Å². The molecule has 17 heavy (non-hydrogen) atoms. The van der Waals surface area contributed by atoms with Crippen molar-refractivity contribution in [3.63, 3.8) is 0 Å². The van der Waals surface area contributed by atoms with Gasteiger partial charge >= 0.3 is 5.97 Å². The Morgan fingerprint density at radius 2 is 2.06 bits per heavy atom. The number of ether oxygens (including phenoxy) is 1. The number of esters is 1. The van der Waals surface area contributed by atoms with Gasteiger partial charge in [-0.15, -0.1) is 10.2 Å². The Kier molecular flexibility index (Phi) is 3.87. The number of rotatable bonds is 3. The molecule has 1 fully saturated rings. The molecule has 0 atom stereocenters. The first-order valence-electron chi connectivity index (χ1n) is 5.73. The van der Waals surface area contributed by atoms with Crippen LogP contribution in [0.2, 0.25) is 0 Å². The van der Waals surface area contributed by atoms with E-state index in [0.29, 0.717) is 5.82 Å². The van der Waals surface area contributed by atoms with Crippen LogP contribution in [0.5, 0.6) is 0 Å². The minimum atomic E-state index is -0.470. The molecule has 1 aromatic heterocycles. The van der Waals surface area contributed by atoms with E-state index in [1.807, 2.05) is 0 Å². The normalized spacial score (nSPS) is 16.5. The molecule has 2 rings (SSSR count). The van der Waals surface area contributed by atoms with Crippen molar-refractivity contribution >= 4 is 11.8 Å². The molecule has 0 aromatic carbocycles. The zero-order chi connectivity index (χ0) is 12.1. The summed E-state index contributed by atoms with van der Waals surface area (Å²) < 4.78 is 4.55. The van der Waals surface area contributed by atoms with E-state index in [9.17, 15) is 4.79 Å². The summed E-state index contributed by atoms with van der Waals surface area (Å²) in [7, 11) is 1.32. The van der Waals surface area contributed by atoms with Crippen molar-refractivity contribution in [2.75, 3.05) is 25.6 Å². The molecular weight excluding hydrogens is 220 g/mol. The van der Waals surface area contributed by atoms with E-state index in [-0.39, 0.29) is 5.69 Å². The zero-order valence-corrected chi connectivity index (χ0v) is 9.85. The molecule has 0 saturated carbocycles. The predicted molar refractivity (Wildman–Crippen MR) is 62.4 cm³/mol. The fourth-order valence-electron chi connectivity index (χ4n) is 1.77. The van der Waals surface area contributed by atoms with E-state index < -0.39 is 5.97 Å². The molecule has 1 aliphatic heterocycles. The molecule has 92 valence electrons. The van der Waals surface area contributed by atoms with Crippen LogP contribution in [0.1, 0.15) is 29.8 Å². The van der Waals surface area contributed by atoms with Crippen LogP contribution >= 0.6 is 0 Å². The lowest BCUT2D eigenvalue weighted by molar-refractivity contribution is 0.0592. The third kappa shape index (κ3) is 3.13. The Morgan fingerprint density at radius 3 is 2.65 bits per heavy atom. The van der Waals surface area contributed by atoms with Crippen molar-refractivity contribution < 1.29 is 9.53 Å². The first-order valence-corrected chi connectivity index (χ1v) is 5.73. The molecule has 0 bridgehead atoms. The summed E-state index contributed by atoms with van der Waals surface area (Å²) in [4.78, 5) is 11.2. The van der Waals surface area contributed by atoms with Crippen LogP contribution < -0.4 is 5.43 Å². The fourth-order valence-corrected chi connectivity index (χ4v) is 1.77. The Morgan fingerprint density at radius 1 is 1.29 bits per heavy atom. The summed E-state index contributed by atoms with van der Waals surface area (Å²) in [5.41, 5.74) is 3.39. The maximum Gasteiger partial charge on any atom is 0.358 e. The zero-order valence-electron chi connectivity index (χ0n) is 9.85. The van der Waals surface area contributed by atoms with E-state index in [0.717, 1.165) is 13.1 Å². The number of hydrogen-bond acceptors (Lipinski definition) is 6. The van der Waals surface area contributed by atoms with E-state index in [1.165, 1.54) is 26.4 Å². The largest absolute Gasteiger partial charge is 0.464 e. The van der Waals surface area contributed by atoms with Gasteiger partial charge in [0.2, 0.25) is 0 Å². The third-order valence-electron chi connectivity index (χ3n) is 2.69. The van der Waals surface area contributed by atoms with Gasteiger partial charge in [-0.25, -0.2) is 9.80 Å². The Labute approximate surface area is 99.9 Å². The molecular formula is C11H16N4O2. The van der Waals surface area contributed by atoms with Crippen LogP contribution in [0.4, 0.5) is 5.82 Å². The van der Waals surface area contributed by atoms with Crippen molar-refractivity contribution in [2.45, 2.75) is 19.3 Å². The predicted octanol–water partition coefficient (Wildman–Crippen LogP) is 1.08. The molecule has 1 aromatic rings. The molecule has 6 nitrogen and oxygen atoms in total. The van der Waals surface area contributed by atoms with Crippen LogP contribution in [0, 0.1) is 0 Å². The Bertz CT molecular complexity index is 374. The Balaban J connectivity index is 1.95. The smallest absolute Gasteiger partial charge is 0.358 e. The van der Waals surface area contributed by atoms with Gasteiger partial charge in [-0.3, -0.25) is 0 Å². The highest BCUT2D eigenvalue weighted by Crippen LogP contribution is 2.10. The summed E-state index contributed by atoms with van der Waals surface area (Å²) in [6.45, 7) is 2.03. The summed E-state index contributed by atoms with van der Waals surface area (Å²) in [6.07, 6.45) is 3.67. The lowest BCUT2D eigenvalue weighted by atomic mass is 10.2. The topological polar surface area (TPSA) is 67.3 Å². The second-order valence-electron chi connectivity index (χ2n) is 3.95. The quantitative estimate of drug-likeness (QED) is 0.792. The molecule has 0 amide bonds. The van der Waals surface area contributed by atoms with Crippen molar-refractivity contribution in [3.8, 4) is 0 Å². The third-order valence-corrected chi connectivity index (χ3v) is 2.69. The summed E-state index contributed by atoms with van der Waals surface area (Å²) >= 11 is 0. The molecule has 0 radical (unpaired) electrons. The van der Waals surface area contributed by atoms with Crippen LogP contribution in [-0.4, -0.2) is 41.4 Å². The number of hydrogen-bond donors (Lipinski definition) is 1. The number of nitrogens with one attached hydrogen (secondary N) is 1. The first-order chi connectivity index (χ1) is 8.29. The van der Waals surface area contributed by atoms with Gasteiger partial charge in [0.25, 0.3) is 0 Å². The number of methoxy groups -OCH3 is 1. The highest BCUT2D eigenvalue weighted by atomic mass is 16.5. The first kappa shape index (κ1) is 11.8. The van der Waals surface area contributed by atoms with Crippen LogP contribution in [-0.2, 0) is 4.74 Å². The van der Waals surface area contributed by atoms with E-state index >= 15 is 0 Å². The van der Waals surface area contributed by atoms with Crippen LogP contribution in [0.3, 0.4) is 0 Å². The minimum Gasteiger partial charge on any atom is -0.464 e. The standard InChI is InChI=1S/C11H16N4O2/c1-17-11(16)9-5-6-10(13-12-9)14-15-7-3-2-4-8-15/h5-6H,2-4,7-8H2,1H3,(H,13,14).